The van der Waals surface area contributed by atoms with Crippen LogP contribution in [0.1, 0.15) is 33.4 Å². The fourth-order valence-electron chi connectivity index (χ4n) is 6.62. The van der Waals surface area contributed by atoms with Crippen LogP contribution in [0.15, 0.2) is 182 Å². The van der Waals surface area contributed by atoms with Crippen LogP contribution in [0.5, 0.6) is 0 Å². The lowest BCUT2D eigenvalue weighted by molar-refractivity contribution is 0.903. The molecule has 234 valence electrons. The van der Waals surface area contributed by atoms with Gasteiger partial charge in [0.15, 0.2) is 0 Å². The van der Waals surface area contributed by atoms with E-state index in [0.29, 0.717) is 0 Å². The van der Waals surface area contributed by atoms with Gasteiger partial charge in [0.2, 0.25) is 0 Å². The van der Waals surface area contributed by atoms with E-state index in [1.54, 1.807) is 0 Å². The van der Waals surface area contributed by atoms with E-state index in [4.69, 9.17) is 0 Å². The van der Waals surface area contributed by atoms with Crippen molar-refractivity contribution >= 4 is 0 Å². The van der Waals surface area contributed by atoms with Gasteiger partial charge < -0.3 is 0 Å². The van der Waals surface area contributed by atoms with E-state index in [0.717, 1.165) is 38.5 Å². The molecule has 0 unspecified atom stereocenters. The summed E-state index contributed by atoms with van der Waals surface area (Å²) in [6.45, 7) is 0. The molecule has 0 fully saturated rings. The first kappa shape index (κ1) is 31.2. The summed E-state index contributed by atoms with van der Waals surface area (Å²) in [5.74, 6) is 0. The third kappa shape index (κ3) is 8.27. The molecule has 0 aliphatic heterocycles. The van der Waals surface area contributed by atoms with Crippen molar-refractivity contribution in [2.24, 2.45) is 0 Å². The maximum absolute atomic E-state index is 2.45. The van der Waals surface area contributed by atoms with Crippen molar-refractivity contribution in [2.45, 2.75) is 38.5 Å². The molecule has 48 heavy (non-hydrogen) atoms. The Balaban J connectivity index is 1.05. The SMILES string of the molecule is c1ccc(-c2ccc(CCc3cc(CCc4ccc(-c5ccccc5)cc4)cc(CCc4ccc(-c5ccccc5)cc4)c3)cc2)cc1. The van der Waals surface area contributed by atoms with E-state index in [-0.39, 0.29) is 0 Å². The second-order valence-electron chi connectivity index (χ2n) is 12.8. The number of hydrogen-bond acceptors (Lipinski definition) is 0. The molecule has 7 rings (SSSR count). The van der Waals surface area contributed by atoms with Crippen LogP contribution in [-0.2, 0) is 38.5 Å². The van der Waals surface area contributed by atoms with Crippen LogP contribution < -0.4 is 0 Å². The zero-order valence-electron chi connectivity index (χ0n) is 27.6. The zero-order valence-corrected chi connectivity index (χ0v) is 27.6. The molecule has 7 aromatic rings. The van der Waals surface area contributed by atoms with Crippen molar-refractivity contribution < 1.29 is 0 Å². The summed E-state index contributed by atoms with van der Waals surface area (Å²) in [5.41, 5.74) is 16.1. The fraction of sp³-hybridized carbons (Fsp3) is 0.125. The van der Waals surface area contributed by atoms with Gasteiger partial charge in [0.25, 0.3) is 0 Å². The lowest BCUT2D eigenvalue weighted by atomic mass is 9.93. The van der Waals surface area contributed by atoms with E-state index in [2.05, 4.69) is 182 Å². The minimum atomic E-state index is 1.04. The van der Waals surface area contributed by atoms with Gasteiger partial charge >= 0.3 is 0 Å². The molecule has 0 N–H and O–H groups in total. The van der Waals surface area contributed by atoms with Crippen LogP contribution in [0, 0.1) is 0 Å². The van der Waals surface area contributed by atoms with Crippen LogP contribution in [0.3, 0.4) is 0 Å². The lowest BCUT2D eigenvalue weighted by Gasteiger charge is -2.12. The van der Waals surface area contributed by atoms with Gasteiger partial charge in [0, 0.05) is 0 Å². The highest BCUT2D eigenvalue weighted by atomic mass is 14.1. The lowest BCUT2D eigenvalue weighted by Crippen LogP contribution is -2.00. The average Bonchev–Trinajstić information content (AvgIpc) is 3.17. The molecule has 0 saturated heterocycles. The molecule has 0 aliphatic rings. The quantitative estimate of drug-likeness (QED) is 0.128. The molecule has 0 aliphatic carbocycles. The Kier molecular flexibility index (Phi) is 10.0. The van der Waals surface area contributed by atoms with Crippen LogP contribution in [-0.4, -0.2) is 0 Å². The summed E-state index contributed by atoms with van der Waals surface area (Å²) < 4.78 is 0. The molecule has 0 aromatic heterocycles. The van der Waals surface area contributed by atoms with E-state index < -0.39 is 0 Å². The number of benzene rings is 7. The molecular weight excluding hydrogens is 577 g/mol. The fourth-order valence-corrected chi connectivity index (χ4v) is 6.62. The second-order valence-corrected chi connectivity index (χ2v) is 12.8. The molecule has 0 spiro atoms. The molecular formula is C48H42. The molecule has 0 nitrogen and oxygen atoms in total. The molecule has 0 heterocycles. The van der Waals surface area contributed by atoms with E-state index in [9.17, 15) is 0 Å². The Bertz CT molecular complexity index is 1750. The Morgan fingerprint density at radius 1 is 0.188 bits per heavy atom. The summed E-state index contributed by atoms with van der Waals surface area (Å²) in [5, 5.41) is 0. The average molecular weight is 619 g/mol. The largest absolute Gasteiger partial charge is 0.0622 e. The first-order chi connectivity index (χ1) is 23.7. The number of aryl methyl sites for hydroxylation is 6. The predicted molar refractivity (Wildman–Crippen MR) is 204 cm³/mol. The molecule has 0 radical (unpaired) electrons. The summed E-state index contributed by atoms with van der Waals surface area (Å²) in [7, 11) is 0. The van der Waals surface area contributed by atoms with Gasteiger partial charge in [-0.15, -0.1) is 0 Å². The van der Waals surface area contributed by atoms with Crippen molar-refractivity contribution in [3.05, 3.63) is 215 Å². The maximum Gasteiger partial charge on any atom is -0.0184 e. The highest BCUT2D eigenvalue weighted by Crippen LogP contribution is 2.24. The van der Waals surface area contributed by atoms with Crippen LogP contribution >= 0.6 is 0 Å². The summed E-state index contributed by atoms with van der Waals surface area (Å²) >= 11 is 0. The standard InChI is InChI=1S/C48H42/c1-4-10-43(11-5-1)46-28-22-37(23-29-46)16-19-40-34-41(20-17-38-24-30-47(31-25-38)44-12-6-2-7-13-44)36-42(35-40)21-18-39-26-32-48(33-27-39)45-14-8-3-9-15-45/h1-15,22-36H,16-21H2. The maximum atomic E-state index is 2.45. The molecule has 7 aromatic carbocycles. The normalized spacial score (nSPS) is 11.0. The summed E-state index contributed by atoms with van der Waals surface area (Å²) in [6.07, 6.45) is 6.26. The zero-order chi connectivity index (χ0) is 32.4. The summed E-state index contributed by atoms with van der Waals surface area (Å²) in [6, 6.07) is 66.6. The van der Waals surface area contributed by atoms with Gasteiger partial charge in [-0.25, -0.2) is 0 Å². The molecule has 0 amide bonds. The van der Waals surface area contributed by atoms with Gasteiger partial charge in [-0.1, -0.05) is 182 Å². The molecule has 0 saturated carbocycles. The molecule has 0 bridgehead atoms. The van der Waals surface area contributed by atoms with Crippen molar-refractivity contribution in [1.82, 2.24) is 0 Å². The Morgan fingerprint density at radius 3 is 0.646 bits per heavy atom. The topological polar surface area (TPSA) is 0 Å². The first-order valence-electron chi connectivity index (χ1n) is 17.3. The van der Waals surface area contributed by atoms with E-state index in [1.165, 1.54) is 66.8 Å². The van der Waals surface area contributed by atoms with Crippen LogP contribution in [0.2, 0.25) is 0 Å². The van der Waals surface area contributed by atoms with Gasteiger partial charge in [-0.3, -0.25) is 0 Å². The molecule has 0 heteroatoms. The summed E-state index contributed by atoms with van der Waals surface area (Å²) in [4.78, 5) is 0. The van der Waals surface area contributed by atoms with Gasteiger partial charge in [0.05, 0.1) is 0 Å². The van der Waals surface area contributed by atoms with Crippen molar-refractivity contribution in [3.63, 3.8) is 0 Å². The minimum Gasteiger partial charge on any atom is -0.0622 e. The van der Waals surface area contributed by atoms with Crippen molar-refractivity contribution in [1.29, 1.82) is 0 Å². The Morgan fingerprint density at radius 2 is 0.396 bits per heavy atom. The second kappa shape index (κ2) is 15.4. The number of rotatable bonds is 12. The Hall–Kier alpha value is -5.46. The van der Waals surface area contributed by atoms with Gasteiger partial charge in [-0.2, -0.15) is 0 Å². The van der Waals surface area contributed by atoms with Gasteiger partial charge in [-0.05, 0) is 105 Å². The highest BCUT2D eigenvalue weighted by Gasteiger charge is 2.07. The van der Waals surface area contributed by atoms with E-state index in [1.807, 2.05) is 0 Å². The number of hydrogen-bond donors (Lipinski definition) is 0. The van der Waals surface area contributed by atoms with Crippen molar-refractivity contribution in [3.8, 4) is 33.4 Å². The molecule has 0 atom stereocenters. The highest BCUT2D eigenvalue weighted by molar-refractivity contribution is 5.65. The van der Waals surface area contributed by atoms with Crippen molar-refractivity contribution in [2.75, 3.05) is 0 Å². The smallest absolute Gasteiger partial charge is 0.0184 e. The minimum absolute atomic E-state index is 1.04. The Labute approximate surface area is 286 Å². The van der Waals surface area contributed by atoms with E-state index >= 15 is 0 Å². The first-order valence-corrected chi connectivity index (χ1v) is 17.3. The van der Waals surface area contributed by atoms with Crippen LogP contribution in [0.25, 0.3) is 33.4 Å². The third-order valence-electron chi connectivity index (χ3n) is 9.40. The predicted octanol–water partition coefficient (Wildman–Crippen LogP) is 12.0. The van der Waals surface area contributed by atoms with Gasteiger partial charge in [0.1, 0.15) is 0 Å². The van der Waals surface area contributed by atoms with Crippen LogP contribution in [0.4, 0.5) is 0 Å². The monoisotopic (exact) mass is 618 g/mol. The third-order valence-corrected chi connectivity index (χ3v) is 9.40.